The maximum absolute atomic E-state index is 12.8. The van der Waals surface area contributed by atoms with Crippen LogP contribution in [0.1, 0.15) is 43.7 Å². The number of carbonyl (C=O) groups is 2. The minimum absolute atomic E-state index is 0.0631. The lowest BCUT2D eigenvalue weighted by atomic mass is 9.89. The summed E-state index contributed by atoms with van der Waals surface area (Å²) in [4.78, 5) is 28.9. The van der Waals surface area contributed by atoms with Crippen molar-refractivity contribution in [2.24, 2.45) is 17.8 Å². The summed E-state index contributed by atoms with van der Waals surface area (Å²) in [6.07, 6.45) is 4.23. The van der Waals surface area contributed by atoms with Gasteiger partial charge in [0, 0.05) is 32.1 Å². The van der Waals surface area contributed by atoms with Gasteiger partial charge in [-0.1, -0.05) is 13.8 Å². The number of hydrogen-bond acceptors (Lipinski definition) is 3. The van der Waals surface area contributed by atoms with Gasteiger partial charge in [-0.3, -0.25) is 9.59 Å². The summed E-state index contributed by atoms with van der Waals surface area (Å²) in [5.41, 5.74) is 0. The highest BCUT2D eigenvalue weighted by molar-refractivity contribution is 5.91. The topological polar surface area (TPSA) is 53.8 Å². The van der Waals surface area contributed by atoms with Crippen LogP contribution in [0.15, 0.2) is 22.8 Å². The number of likely N-dealkylation sites (tertiary alicyclic amines) is 2. The van der Waals surface area contributed by atoms with E-state index in [2.05, 4.69) is 13.8 Å². The molecule has 0 saturated carbocycles. The van der Waals surface area contributed by atoms with Gasteiger partial charge in [0.2, 0.25) is 5.91 Å². The van der Waals surface area contributed by atoms with E-state index in [1.165, 1.54) is 12.7 Å². The summed E-state index contributed by atoms with van der Waals surface area (Å²) in [6, 6.07) is 3.41. The van der Waals surface area contributed by atoms with Gasteiger partial charge < -0.3 is 14.2 Å². The SMILES string of the molecule is C[C@@H]1C[C@H](C)CN(C(=O)C2CCN(C(=O)c3ccco3)CC2)C1. The Hall–Kier alpha value is -1.78. The smallest absolute Gasteiger partial charge is 0.289 e. The Morgan fingerprint density at radius 1 is 1.09 bits per heavy atom. The first-order valence-electron chi connectivity index (χ1n) is 8.66. The van der Waals surface area contributed by atoms with Crippen LogP contribution in [0, 0.1) is 17.8 Å². The van der Waals surface area contributed by atoms with Gasteiger partial charge >= 0.3 is 0 Å². The highest BCUT2D eigenvalue weighted by Crippen LogP contribution is 2.26. The summed E-state index contributed by atoms with van der Waals surface area (Å²) in [5.74, 6) is 1.84. The number of piperidine rings is 2. The van der Waals surface area contributed by atoms with E-state index < -0.39 is 0 Å². The van der Waals surface area contributed by atoms with Crippen LogP contribution < -0.4 is 0 Å². The normalized spacial score (nSPS) is 26.3. The first-order valence-corrected chi connectivity index (χ1v) is 8.66. The molecule has 23 heavy (non-hydrogen) atoms. The highest BCUT2D eigenvalue weighted by atomic mass is 16.3. The molecule has 1 aromatic heterocycles. The van der Waals surface area contributed by atoms with Crippen LogP contribution >= 0.6 is 0 Å². The molecule has 2 aliphatic heterocycles. The van der Waals surface area contributed by atoms with Crippen LogP contribution in [0.25, 0.3) is 0 Å². The predicted molar refractivity (Wildman–Crippen MR) is 86.9 cm³/mol. The van der Waals surface area contributed by atoms with E-state index in [-0.39, 0.29) is 17.7 Å². The third-order valence-electron chi connectivity index (χ3n) is 5.04. The molecular formula is C18H26N2O3. The monoisotopic (exact) mass is 318 g/mol. The fourth-order valence-corrected chi connectivity index (χ4v) is 3.99. The molecule has 0 radical (unpaired) electrons. The summed E-state index contributed by atoms with van der Waals surface area (Å²) >= 11 is 0. The molecule has 2 atom stereocenters. The van der Waals surface area contributed by atoms with E-state index in [9.17, 15) is 9.59 Å². The zero-order valence-electron chi connectivity index (χ0n) is 14.0. The average molecular weight is 318 g/mol. The van der Waals surface area contributed by atoms with E-state index in [1.54, 1.807) is 17.0 Å². The van der Waals surface area contributed by atoms with E-state index in [4.69, 9.17) is 4.42 Å². The first kappa shape index (κ1) is 16.1. The second-order valence-electron chi connectivity index (χ2n) is 7.23. The summed E-state index contributed by atoms with van der Waals surface area (Å²) in [6.45, 7) is 7.48. The van der Waals surface area contributed by atoms with Gasteiger partial charge in [-0.05, 0) is 43.2 Å². The molecule has 0 unspecified atom stereocenters. The second kappa shape index (κ2) is 6.77. The van der Waals surface area contributed by atoms with Crippen molar-refractivity contribution in [3.63, 3.8) is 0 Å². The molecule has 2 amide bonds. The number of hydrogen-bond donors (Lipinski definition) is 0. The van der Waals surface area contributed by atoms with E-state index in [0.717, 1.165) is 25.9 Å². The number of rotatable bonds is 2. The quantitative estimate of drug-likeness (QED) is 0.842. The van der Waals surface area contributed by atoms with Gasteiger partial charge in [-0.2, -0.15) is 0 Å². The molecule has 5 nitrogen and oxygen atoms in total. The van der Waals surface area contributed by atoms with Crippen molar-refractivity contribution in [1.29, 1.82) is 0 Å². The van der Waals surface area contributed by atoms with Gasteiger partial charge in [0.15, 0.2) is 5.76 Å². The van der Waals surface area contributed by atoms with Crippen LogP contribution in [0.4, 0.5) is 0 Å². The molecule has 0 bridgehead atoms. The molecule has 0 spiro atoms. The molecule has 0 aliphatic carbocycles. The van der Waals surface area contributed by atoms with Gasteiger partial charge in [-0.25, -0.2) is 0 Å². The maximum Gasteiger partial charge on any atom is 0.289 e. The fourth-order valence-electron chi connectivity index (χ4n) is 3.99. The second-order valence-corrected chi connectivity index (χ2v) is 7.23. The van der Waals surface area contributed by atoms with Gasteiger partial charge in [0.05, 0.1) is 6.26 Å². The molecule has 0 N–H and O–H groups in total. The Balaban J connectivity index is 1.54. The van der Waals surface area contributed by atoms with Crippen molar-refractivity contribution in [3.8, 4) is 0 Å². The van der Waals surface area contributed by atoms with Crippen molar-refractivity contribution < 1.29 is 14.0 Å². The highest BCUT2D eigenvalue weighted by Gasteiger charge is 2.33. The van der Waals surface area contributed by atoms with Crippen LogP contribution in [0.2, 0.25) is 0 Å². The standard InChI is InChI=1S/C18H26N2O3/c1-13-10-14(2)12-20(11-13)17(21)15-5-7-19(8-6-15)18(22)16-4-3-9-23-16/h3-4,9,13-15H,5-8,10-12H2,1-2H3/t13-,14+. The zero-order chi connectivity index (χ0) is 16.4. The molecular weight excluding hydrogens is 292 g/mol. The van der Waals surface area contributed by atoms with Crippen molar-refractivity contribution in [2.45, 2.75) is 33.1 Å². The van der Waals surface area contributed by atoms with Crippen LogP contribution in [0.3, 0.4) is 0 Å². The van der Waals surface area contributed by atoms with Gasteiger partial charge in [0.1, 0.15) is 0 Å². The minimum atomic E-state index is -0.0684. The number of furan rings is 1. The fraction of sp³-hybridized carbons (Fsp3) is 0.667. The molecule has 2 saturated heterocycles. The molecule has 3 rings (SSSR count). The van der Waals surface area contributed by atoms with E-state index in [1.807, 2.05) is 4.90 Å². The summed E-state index contributed by atoms with van der Waals surface area (Å²) in [7, 11) is 0. The molecule has 2 fully saturated rings. The third-order valence-corrected chi connectivity index (χ3v) is 5.04. The Bertz CT molecular complexity index is 537. The molecule has 3 heterocycles. The van der Waals surface area contributed by atoms with Gasteiger partial charge in [0.25, 0.3) is 5.91 Å². The lowest BCUT2D eigenvalue weighted by molar-refractivity contribution is -0.139. The number of carbonyl (C=O) groups excluding carboxylic acids is 2. The summed E-state index contributed by atoms with van der Waals surface area (Å²) in [5, 5.41) is 0. The van der Waals surface area contributed by atoms with Crippen molar-refractivity contribution in [2.75, 3.05) is 26.2 Å². The predicted octanol–water partition coefficient (Wildman–Crippen LogP) is 2.64. The molecule has 5 heteroatoms. The van der Waals surface area contributed by atoms with E-state index in [0.29, 0.717) is 30.7 Å². The largest absolute Gasteiger partial charge is 0.459 e. The average Bonchev–Trinajstić information content (AvgIpc) is 3.07. The zero-order valence-corrected chi connectivity index (χ0v) is 14.0. The van der Waals surface area contributed by atoms with Crippen LogP contribution in [-0.2, 0) is 4.79 Å². The molecule has 0 aromatic carbocycles. The lowest BCUT2D eigenvalue weighted by Crippen LogP contribution is -2.48. The Morgan fingerprint density at radius 2 is 1.74 bits per heavy atom. The van der Waals surface area contributed by atoms with Gasteiger partial charge in [-0.15, -0.1) is 0 Å². The van der Waals surface area contributed by atoms with Crippen LogP contribution in [-0.4, -0.2) is 47.8 Å². The van der Waals surface area contributed by atoms with E-state index >= 15 is 0 Å². The Kier molecular flexibility index (Phi) is 4.74. The van der Waals surface area contributed by atoms with Crippen molar-refractivity contribution in [3.05, 3.63) is 24.2 Å². The third kappa shape index (κ3) is 3.59. The summed E-state index contributed by atoms with van der Waals surface area (Å²) < 4.78 is 5.18. The number of amides is 2. The molecule has 126 valence electrons. The number of nitrogens with zero attached hydrogens (tertiary/aromatic N) is 2. The Morgan fingerprint density at radius 3 is 2.30 bits per heavy atom. The lowest BCUT2D eigenvalue weighted by Gasteiger charge is -2.39. The van der Waals surface area contributed by atoms with Crippen LogP contribution in [0.5, 0.6) is 0 Å². The maximum atomic E-state index is 12.8. The molecule has 1 aromatic rings. The Labute approximate surface area is 137 Å². The minimum Gasteiger partial charge on any atom is -0.459 e. The first-order chi connectivity index (χ1) is 11.0. The molecule has 2 aliphatic rings. The van der Waals surface area contributed by atoms with Crippen molar-refractivity contribution >= 4 is 11.8 Å². The van der Waals surface area contributed by atoms with Crippen molar-refractivity contribution in [1.82, 2.24) is 9.80 Å².